The summed E-state index contributed by atoms with van der Waals surface area (Å²) in [5, 5.41) is 0. The number of hydrogen-bond donors (Lipinski definition) is 0. The van der Waals surface area contributed by atoms with Crippen LogP contribution in [0.4, 0.5) is 0 Å². The van der Waals surface area contributed by atoms with Gasteiger partial charge in [-0.1, -0.05) is 12.1 Å². The second kappa shape index (κ2) is 5.29. The third-order valence-electron chi connectivity index (χ3n) is 3.36. The summed E-state index contributed by atoms with van der Waals surface area (Å²) in [5.74, 6) is 2.18. The van der Waals surface area contributed by atoms with Crippen LogP contribution in [0.3, 0.4) is 0 Å². The van der Waals surface area contributed by atoms with Gasteiger partial charge in [-0.05, 0) is 30.9 Å². The Bertz CT molecular complexity index is 534. The fraction of sp³-hybridized carbons (Fsp3) is 0.500. The molecule has 3 nitrogen and oxygen atoms in total. The minimum atomic E-state index is 0.442. The van der Waals surface area contributed by atoms with Crippen molar-refractivity contribution in [3.63, 3.8) is 0 Å². The topological polar surface area (TPSA) is 27.1 Å². The number of ether oxygens (including phenoxy) is 1. The van der Waals surface area contributed by atoms with Crippen LogP contribution in [0, 0.1) is 5.92 Å². The Morgan fingerprint density at radius 1 is 1.33 bits per heavy atom. The van der Waals surface area contributed by atoms with Crippen molar-refractivity contribution in [1.29, 1.82) is 0 Å². The first-order chi connectivity index (χ1) is 8.88. The van der Waals surface area contributed by atoms with Crippen molar-refractivity contribution in [2.75, 3.05) is 13.2 Å². The van der Waals surface area contributed by atoms with E-state index < -0.39 is 0 Å². The summed E-state index contributed by atoms with van der Waals surface area (Å²) >= 11 is 5.95. The minimum absolute atomic E-state index is 0.442. The first kappa shape index (κ1) is 12.0. The highest BCUT2D eigenvalue weighted by Gasteiger charge is 2.21. The molecule has 1 saturated carbocycles. The molecule has 96 valence electrons. The SMILES string of the molecule is ClCc1nc2ccccc2n1CCOCC1CC1. The zero-order valence-corrected chi connectivity index (χ0v) is 11.1. The van der Waals surface area contributed by atoms with Crippen LogP contribution in [0.2, 0.25) is 0 Å². The van der Waals surface area contributed by atoms with Gasteiger partial charge >= 0.3 is 0 Å². The summed E-state index contributed by atoms with van der Waals surface area (Å²) in [6.45, 7) is 2.47. The van der Waals surface area contributed by atoms with E-state index in [1.54, 1.807) is 0 Å². The van der Waals surface area contributed by atoms with E-state index in [4.69, 9.17) is 16.3 Å². The summed E-state index contributed by atoms with van der Waals surface area (Å²) in [5.41, 5.74) is 2.15. The smallest absolute Gasteiger partial charge is 0.124 e. The van der Waals surface area contributed by atoms with E-state index in [-0.39, 0.29) is 0 Å². The maximum Gasteiger partial charge on any atom is 0.124 e. The van der Waals surface area contributed by atoms with Gasteiger partial charge in [0.25, 0.3) is 0 Å². The molecule has 3 rings (SSSR count). The maximum atomic E-state index is 5.95. The van der Waals surface area contributed by atoms with Gasteiger partial charge in [0.05, 0.1) is 23.5 Å². The lowest BCUT2D eigenvalue weighted by atomic mass is 10.3. The second-order valence-electron chi connectivity index (χ2n) is 4.82. The van der Waals surface area contributed by atoms with Crippen LogP contribution in [-0.4, -0.2) is 22.8 Å². The van der Waals surface area contributed by atoms with Gasteiger partial charge in [0, 0.05) is 13.2 Å². The average molecular weight is 265 g/mol. The molecule has 1 aliphatic carbocycles. The van der Waals surface area contributed by atoms with E-state index in [1.807, 2.05) is 18.2 Å². The van der Waals surface area contributed by atoms with Crippen LogP contribution < -0.4 is 0 Å². The molecule has 0 atom stereocenters. The van der Waals surface area contributed by atoms with Crippen molar-refractivity contribution in [3.8, 4) is 0 Å². The Morgan fingerprint density at radius 3 is 2.94 bits per heavy atom. The van der Waals surface area contributed by atoms with E-state index in [1.165, 1.54) is 12.8 Å². The molecule has 1 aromatic carbocycles. The summed E-state index contributed by atoms with van der Waals surface area (Å²) in [7, 11) is 0. The predicted octanol–water partition coefficient (Wildman–Crippen LogP) is 3.20. The Morgan fingerprint density at radius 2 is 2.17 bits per heavy atom. The third kappa shape index (κ3) is 2.52. The number of para-hydroxylation sites is 2. The molecule has 0 N–H and O–H groups in total. The van der Waals surface area contributed by atoms with Crippen molar-refractivity contribution in [1.82, 2.24) is 9.55 Å². The lowest BCUT2D eigenvalue weighted by Gasteiger charge is -2.08. The van der Waals surface area contributed by atoms with Gasteiger partial charge in [-0.2, -0.15) is 0 Å². The van der Waals surface area contributed by atoms with Crippen molar-refractivity contribution in [2.24, 2.45) is 5.92 Å². The van der Waals surface area contributed by atoms with Gasteiger partial charge in [0.2, 0.25) is 0 Å². The highest BCUT2D eigenvalue weighted by molar-refractivity contribution is 6.16. The minimum Gasteiger partial charge on any atom is -0.379 e. The molecule has 1 fully saturated rings. The van der Waals surface area contributed by atoms with Crippen LogP contribution in [-0.2, 0) is 17.2 Å². The molecule has 0 amide bonds. The van der Waals surface area contributed by atoms with Crippen molar-refractivity contribution >= 4 is 22.6 Å². The van der Waals surface area contributed by atoms with Crippen LogP contribution in [0.1, 0.15) is 18.7 Å². The van der Waals surface area contributed by atoms with Gasteiger partial charge in [-0.25, -0.2) is 4.98 Å². The van der Waals surface area contributed by atoms with Crippen molar-refractivity contribution < 1.29 is 4.74 Å². The molecule has 4 heteroatoms. The summed E-state index contributed by atoms with van der Waals surface area (Å²) in [4.78, 5) is 4.53. The van der Waals surface area contributed by atoms with Crippen LogP contribution in [0.5, 0.6) is 0 Å². The first-order valence-corrected chi connectivity index (χ1v) is 7.00. The molecular weight excluding hydrogens is 248 g/mol. The van der Waals surface area contributed by atoms with E-state index >= 15 is 0 Å². The molecule has 18 heavy (non-hydrogen) atoms. The quantitative estimate of drug-likeness (QED) is 0.592. The fourth-order valence-electron chi connectivity index (χ4n) is 2.17. The zero-order chi connectivity index (χ0) is 12.4. The first-order valence-electron chi connectivity index (χ1n) is 6.46. The molecule has 0 aliphatic heterocycles. The van der Waals surface area contributed by atoms with Gasteiger partial charge in [0.1, 0.15) is 5.82 Å². The molecule has 1 heterocycles. The standard InChI is InChI=1S/C14H17ClN2O/c15-9-14-16-12-3-1-2-4-13(12)17(14)7-8-18-10-11-5-6-11/h1-4,11H,5-10H2. The number of aromatic nitrogens is 2. The molecular formula is C14H17ClN2O. The van der Waals surface area contributed by atoms with Crippen LogP contribution in [0.15, 0.2) is 24.3 Å². The Kier molecular flexibility index (Phi) is 3.52. The third-order valence-corrected chi connectivity index (χ3v) is 3.60. The Hall–Kier alpha value is -1.06. The molecule has 0 spiro atoms. The van der Waals surface area contributed by atoms with E-state index in [0.29, 0.717) is 5.88 Å². The molecule has 0 unspecified atom stereocenters. The molecule has 0 saturated heterocycles. The van der Waals surface area contributed by atoms with Gasteiger partial charge in [-0.15, -0.1) is 11.6 Å². The summed E-state index contributed by atoms with van der Waals surface area (Å²) < 4.78 is 7.85. The Labute approximate surface area is 112 Å². The summed E-state index contributed by atoms with van der Waals surface area (Å²) in [6.07, 6.45) is 2.67. The van der Waals surface area contributed by atoms with Crippen molar-refractivity contribution in [3.05, 3.63) is 30.1 Å². The molecule has 0 bridgehead atoms. The lowest BCUT2D eigenvalue weighted by molar-refractivity contribution is 0.117. The number of nitrogens with zero attached hydrogens (tertiary/aromatic N) is 2. The number of hydrogen-bond acceptors (Lipinski definition) is 2. The van der Waals surface area contributed by atoms with Crippen LogP contribution in [0.25, 0.3) is 11.0 Å². The second-order valence-corrected chi connectivity index (χ2v) is 5.09. The monoisotopic (exact) mass is 264 g/mol. The highest BCUT2D eigenvalue weighted by atomic mass is 35.5. The number of halogens is 1. The maximum absolute atomic E-state index is 5.95. The van der Waals surface area contributed by atoms with Crippen LogP contribution >= 0.6 is 11.6 Å². The van der Waals surface area contributed by atoms with Crippen molar-refractivity contribution in [2.45, 2.75) is 25.3 Å². The van der Waals surface area contributed by atoms with Gasteiger partial charge < -0.3 is 9.30 Å². The lowest BCUT2D eigenvalue weighted by Crippen LogP contribution is -2.09. The van der Waals surface area contributed by atoms with E-state index in [0.717, 1.165) is 42.5 Å². The molecule has 2 aromatic rings. The average Bonchev–Trinajstić information content (AvgIpc) is 3.15. The predicted molar refractivity (Wildman–Crippen MR) is 72.8 cm³/mol. The number of imidazole rings is 1. The number of alkyl halides is 1. The van der Waals surface area contributed by atoms with E-state index in [9.17, 15) is 0 Å². The number of benzene rings is 1. The summed E-state index contributed by atoms with van der Waals surface area (Å²) in [6, 6.07) is 8.14. The Balaban J connectivity index is 1.71. The fourth-order valence-corrected chi connectivity index (χ4v) is 2.37. The number of fused-ring (bicyclic) bond motifs is 1. The zero-order valence-electron chi connectivity index (χ0n) is 10.3. The molecule has 0 radical (unpaired) electrons. The largest absolute Gasteiger partial charge is 0.379 e. The molecule has 1 aromatic heterocycles. The van der Waals surface area contributed by atoms with E-state index in [2.05, 4.69) is 15.6 Å². The molecule has 1 aliphatic rings. The number of rotatable bonds is 6. The van der Waals surface area contributed by atoms with Gasteiger partial charge in [-0.3, -0.25) is 0 Å². The van der Waals surface area contributed by atoms with Gasteiger partial charge in [0.15, 0.2) is 0 Å². The highest BCUT2D eigenvalue weighted by Crippen LogP contribution is 2.28. The normalized spacial score (nSPS) is 15.4.